The third kappa shape index (κ3) is 5.01. The number of rotatable bonds is 6. The second kappa shape index (κ2) is 9.06. The Kier molecular flexibility index (Phi) is 6.52. The Morgan fingerprint density at radius 3 is 2.25 bits per heavy atom. The molecule has 3 aromatic carbocycles. The number of nitrogens with two attached hydrogens (primary N) is 1. The molecule has 142 valence electrons. The summed E-state index contributed by atoms with van der Waals surface area (Å²) in [4.78, 5) is 12.7. The van der Waals surface area contributed by atoms with Gasteiger partial charge in [0.05, 0.1) is 22.2 Å². The topological polar surface area (TPSA) is 64.3 Å². The minimum absolute atomic E-state index is 0.0717. The van der Waals surface area contributed by atoms with Gasteiger partial charge in [0, 0.05) is 11.3 Å². The van der Waals surface area contributed by atoms with E-state index in [1.165, 1.54) is 0 Å². The standard InChI is InChI=1S/C21H16Cl2N2O2S/c22-16-5-3-6-17(23)20(16)25-18-7-2-1-4-14(18)12-19(26)27-15-10-8-13(9-11-15)21(24)28/h1-11,25H,12H2,(H2,24,28). The lowest BCUT2D eigenvalue weighted by atomic mass is 10.1. The molecule has 0 unspecified atom stereocenters. The number of hydrogen-bond acceptors (Lipinski definition) is 4. The highest BCUT2D eigenvalue weighted by molar-refractivity contribution is 7.80. The third-order valence-corrected chi connectivity index (χ3v) is 4.81. The molecule has 0 amide bonds. The molecule has 0 atom stereocenters. The van der Waals surface area contributed by atoms with Crippen LogP contribution in [0.15, 0.2) is 66.7 Å². The predicted octanol–water partition coefficient (Wildman–Crippen LogP) is 5.52. The number of anilines is 2. The van der Waals surface area contributed by atoms with Crippen molar-refractivity contribution >= 4 is 57.8 Å². The molecule has 0 saturated carbocycles. The Morgan fingerprint density at radius 1 is 0.964 bits per heavy atom. The van der Waals surface area contributed by atoms with Crippen molar-refractivity contribution in [1.82, 2.24) is 0 Å². The molecule has 3 aromatic rings. The minimum atomic E-state index is -0.400. The van der Waals surface area contributed by atoms with E-state index in [-0.39, 0.29) is 11.4 Å². The molecule has 0 bridgehead atoms. The number of halogens is 2. The van der Waals surface area contributed by atoms with E-state index in [4.69, 9.17) is 45.9 Å². The average molecular weight is 431 g/mol. The number of para-hydroxylation sites is 2. The highest BCUT2D eigenvalue weighted by Crippen LogP contribution is 2.33. The normalized spacial score (nSPS) is 10.4. The average Bonchev–Trinajstić information content (AvgIpc) is 2.66. The summed E-state index contributed by atoms with van der Waals surface area (Å²) in [5, 5.41) is 4.18. The summed E-state index contributed by atoms with van der Waals surface area (Å²) in [6, 6.07) is 19.4. The van der Waals surface area contributed by atoms with Gasteiger partial charge >= 0.3 is 5.97 Å². The molecule has 0 saturated heterocycles. The van der Waals surface area contributed by atoms with Crippen molar-refractivity contribution in [2.45, 2.75) is 6.42 Å². The second-order valence-corrected chi connectivity index (χ2v) is 7.17. The van der Waals surface area contributed by atoms with Crippen LogP contribution in [0, 0.1) is 0 Å². The number of benzene rings is 3. The third-order valence-electron chi connectivity index (χ3n) is 3.95. The van der Waals surface area contributed by atoms with Gasteiger partial charge in [0.2, 0.25) is 0 Å². The summed E-state index contributed by atoms with van der Waals surface area (Å²) in [5.74, 6) is 0.0205. The molecular weight excluding hydrogens is 415 g/mol. The first-order chi connectivity index (χ1) is 13.4. The Labute approximate surface area is 178 Å². The Bertz CT molecular complexity index is 1000. The van der Waals surface area contributed by atoms with Crippen molar-refractivity contribution in [1.29, 1.82) is 0 Å². The molecule has 0 aliphatic heterocycles. The smallest absolute Gasteiger partial charge is 0.315 e. The van der Waals surface area contributed by atoms with Crippen LogP contribution >= 0.6 is 35.4 Å². The van der Waals surface area contributed by atoms with E-state index in [1.807, 2.05) is 24.3 Å². The molecule has 28 heavy (non-hydrogen) atoms. The molecule has 7 heteroatoms. The first-order valence-corrected chi connectivity index (χ1v) is 9.50. The Balaban J connectivity index is 1.74. The number of esters is 1. The van der Waals surface area contributed by atoms with Gasteiger partial charge in [-0.05, 0) is 48.0 Å². The molecule has 0 aliphatic rings. The van der Waals surface area contributed by atoms with Gasteiger partial charge in [0.25, 0.3) is 0 Å². The fourth-order valence-electron chi connectivity index (χ4n) is 2.56. The summed E-state index contributed by atoms with van der Waals surface area (Å²) in [5.41, 5.74) is 8.33. The summed E-state index contributed by atoms with van der Waals surface area (Å²) >= 11 is 17.4. The molecule has 4 nitrogen and oxygen atoms in total. The van der Waals surface area contributed by atoms with Gasteiger partial charge in [-0.15, -0.1) is 0 Å². The van der Waals surface area contributed by atoms with Crippen molar-refractivity contribution in [3.8, 4) is 5.75 Å². The van der Waals surface area contributed by atoms with Gasteiger partial charge in [0.1, 0.15) is 10.7 Å². The lowest BCUT2D eigenvalue weighted by Gasteiger charge is -2.14. The van der Waals surface area contributed by atoms with E-state index in [0.717, 1.165) is 11.3 Å². The van der Waals surface area contributed by atoms with E-state index < -0.39 is 5.97 Å². The Morgan fingerprint density at radius 2 is 1.61 bits per heavy atom. The van der Waals surface area contributed by atoms with Crippen molar-refractivity contribution in [2.24, 2.45) is 5.73 Å². The van der Waals surface area contributed by atoms with Crippen molar-refractivity contribution in [2.75, 3.05) is 5.32 Å². The minimum Gasteiger partial charge on any atom is -0.426 e. The van der Waals surface area contributed by atoms with Crippen LogP contribution in [-0.2, 0) is 11.2 Å². The van der Waals surface area contributed by atoms with Gasteiger partial charge in [0.15, 0.2) is 0 Å². The molecule has 0 aliphatic carbocycles. The largest absolute Gasteiger partial charge is 0.426 e. The molecule has 3 rings (SSSR count). The zero-order chi connectivity index (χ0) is 20.1. The lowest BCUT2D eigenvalue weighted by molar-refractivity contribution is -0.133. The number of carbonyl (C=O) groups excluding carboxylic acids is 1. The van der Waals surface area contributed by atoms with E-state index >= 15 is 0 Å². The first kappa shape index (κ1) is 20.1. The predicted molar refractivity (Wildman–Crippen MR) is 118 cm³/mol. The molecule has 3 N–H and O–H groups in total. The number of ether oxygens (including phenoxy) is 1. The van der Waals surface area contributed by atoms with Crippen LogP contribution in [-0.4, -0.2) is 11.0 Å². The van der Waals surface area contributed by atoms with Crippen LogP contribution in [0.25, 0.3) is 0 Å². The van der Waals surface area contributed by atoms with Gasteiger partial charge in [-0.2, -0.15) is 0 Å². The number of hydrogen-bond donors (Lipinski definition) is 2. The molecule has 0 spiro atoms. The van der Waals surface area contributed by atoms with Crippen LogP contribution in [0.1, 0.15) is 11.1 Å². The summed E-state index contributed by atoms with van der Waals surface area (Å²) in [7, 11) is 0. The lowest BCUT2D eigenvalue weighted by Crippen LogP contribution is -2.13. The first-order valence-electron chi connectivity index (χ1n) is 8.33. The van der Waals surface area contributed by atoms with E-state index in [0.29, 0.717) is 27.0 Å². The fourth-order valence-corrected chi connectivity index (χ4v) is 3.19. The van der Waals surface area contributed by atoms with Crippen molar-refractivity contribution in [3.63, 3.8) is 0 Å². The summed E-state index contributed by atoms with van der Waals surface area (Å²) in [6.07, 6.45) is 0.0717. The number of nitrogens with one attached hydrogen (secondary N) is 1. The number of carbonyl (C=O) groups is 1. The monoisotopic (exact) mass is 430 g/mol. The van der Waals surface area contributed by atoms with Crippen LogP contribution in [0.5, 0.6) is 5.75 Å². The molecular formula is C21H16Cl2N2O2S. The zero-order valence-corrected chi connectivity index (χ0v) is 16.9. The van der Waals surface area contributed by atoms with E-state index in [9.17, 15) is 4.79 Å². The van der Waals surface area contributed by atoms with Gasteiger partial charge in [-0.25, -0.2) is 0 Å². The summed E-state index contributed by atoms with van der Waals surface area (Å²) < 4.78 is 5.40. The molecule has 0 aromatic heterocycles. The molecule has 0 radical (unpaired) electrons. The SMILES string of the molecule is NC(=S)c1ccc(OC(=O)Cc2ccccc2Nc2c(Cl)cccc2Cl)cc1. The highest BCUT2D eigenvalue weighted by atomic mass is 35.5. The molecule has 0 heterocycles. The van der Waals surface area contributed by atoms with Crippen LogP contribution in [0.2, 0.25) is 10.0 Å². The van der Waals surface area contributed by atoms with Gasteiger partial charge < -0.3 is 15.8 Å². The quantitative estimate of drug-likeness (QED) is 0.306. The maximum Gasteiger partial charge on any atom is 0.315 e. The number of thiocarbonyl (C=S) groups is 1. The maximum atomic E-state index is 12.4. The Hall–Kier alpha value is -2.60. The van der Waals surface area contributed by atoms with Crippen LogP contribution < -0.4 is 15.8 Å². The van der Waals surface area contributed by atoms with Crippen molar-refractivity contribution < 1.29 is 9.53 Å². The van der Waals surface area contributed by atoms with Crippen molar-refractivity contribution in [3.05, 3.63) is 87.9 Å². The van der Waals surface area contributed by atoms with E-state index in [2.05, 4.69) is 5.32 Å². The fraction of sp³-hybridized carbons (Fsp3) is 0.0476. The van der Waals surface area contributed by atoms with Crippen LogP contribution in [0.3, 0.4) is 0 Å². The molecule has 0 fully saturated rings. The van der Waals surface area contributed by atoms with Crippen LogP contribution in [0.4, 0.5) is 11.4 Å². The zero-order valence-electron chi connectivity index (χ0n) is 14.6. The second-order valence-electron chi connectivity index (χ2n) is 5.92. The van der Waals surface area contributed by atoms with Gasteiger partial charge in [-0.3, -0.25) is 4.79 Å². The highest BCUT2D eigenvalue weighted by Gasteiger charge is 2.13. The maximum absolute atomic E-state index is 12.4. The van der Waals surface area contributed by atoms with E-state index in [1.54, 1.807) is 42.5 Å². The van der Waals surface area contributed by atoms with Gasteiger partial charge in [-0.1, -0.05) is 59.7 Å². The summed E-state index contributed by atoms with van der Waals surface area (Å²) in [6.45, 7) is 0.